The molecule has 2 aromatic heterocycles. The number of nitrogens with zero attached hydrogens (tertiary/aromatic N) is 3. The SMILES string of the molecule is CC1CC(C)CC(Nc2nccc3c2ncn3C)C1. The number of rotatable bonds is 2. The van der Waals surface area contributed by atoms with Crippen LogP contribution in [0, 0.1) is 11.8 Å². The van der Waals surface area contributed by atoms with E-state index in [1.54, 1.807) is 0 Å². The number of pyridine rings is 1. The molecule has 0 aliphatic heterocycles. The molecule has 2 aromatic rings. The maximum Gasteiger partial charge on any atom is 0.154 e. The molecule has 0 spiro atoms. The largest absolute Gasteiger partial charge is 0.365 e. The second kappa shape index (κ2) is 4.83. The van der Waals surface area contributed by atoms with Crippen LogP contribution in [0.25, 0.3) is 11.0 Å². The van der Waals surface area contributed by atoms with Crippen LogP contribution in [0.4, 0.5) is 5.82 Å². The molecule has 1 fully saturated rings. The van der Waals surface area contributed by atoms with E-state index in [0.29, 0.717) is 6.04 Å². The summed E-state index contributed by atoms with van der Waals surface area (Å²) in [6, 6.07) is 2.54. The lowest BCUT2D eigenvalue weighted by atomic mass is 9.80. The van der Waals surface area contributed by atoms with Gasteiger partial charge in [-0.05, 0) is 37.2 Å². The minimum Gasteiger partial charge on any atom is -0.365 e. The molecular weight excluding hydrogens is 236 g/mol. The molecular formula is C15H22N4. The average molecular weight is 258 g/mol. The Kier molecular flexibility index (Phi) is 3.17. The Bertz CT molecular complexity index is 565. The summed E-state index contributed by atoms with van der Waals surface area (Å²) in [7, 11) is 2.02. The highest BCUT2D eigenvalue weighted by Gasteiger charge is 2.24. The van der Waals surface area contributed by atoms with Gasteiger partial charge in [0.25, 0.3) is 0 Å². The third-order valence-electron chi connectivity index (χ3n) is 4.16. The Morgan fingerprint density at radius 2 is 1.89 bits per heavy atom. The second-order valence-corrected chi connectivity index (χ2v) is 6.14. The van der Waals surface area contributed by atoms with Crippen LogP contribution in [0.1, 0.15) is 33.1 Å². The Morgan fingerprint density at radius 1 is 1.16 bits per heavy atom. The Labute approximate surface area is 114 Å². The number of aryl methyl sites for hydroxylation is 1. The van der Waals surface area contributed by atoms with E-state index < -0.39 is 0 Å². The van der Waals surface area contributed by atoms with Crippen molar-refractivity contribution in [1.29, 1.82) is 0 Å². The van der Waals surface area contributed by atoms with Gasteiger partial charge in [-0.3, -0.25) is 0 Å². The molecule has 0 bridgehead atoms. The van der Waals surface area contributed by atoms with Crippen molar-refractivity contribution in [2.24, 2.45) is 18.9 Å². The van der Waals surface area contributed by atoms with Crippen LogP contribution in [0.5, 0.6) is 0 Å². The van der Waals surface area contributed by atoms with Crippen LogP contribution >= 0.6 is 0 Å². The zero-order chi connectivity index (χ0) is 13.4. The molecule has 4 nitrogen and oxygen atoms in total. The minimum absolute atomic E-state index is 0.527. The lowest BCUT2D eigenvalue weighted by Crippen LogP contribution is -2.30. The molecule has 2 atom stereocenters. The summed E-state index contributed by atoms with van der Waals surface area (Å²) in [4.78, 5) is 8.94. The zero-order valence-electron chi connectivity index (χ0n) is 11.9. The summed E-state index contributed by atoms with van der Waals surface area (Å²) < 4.78 is 2.04. The van der Waals surface area contributed by atoms with Crippen LogP contribution < -0.4 is 5.32 Å². The van der Waals surface area contributed by atoms with E-state index in [-0.39, 0.29) is 0 Å². The van der Waals surface area contributed by atoms with Gasteiger partial charge in [0.1, 0.15) is 5.52 Å². The van der Waals surface area contributed by atoms with E-state index in [9.17, 15) is 0 Å². The molecule has 1 N–H and O–H groups in total. The van der Waals surface area contributed by atoms with Gasteiger partial charge in [-0.25, -0.2) is 9.97 Å². The highest BCUT2D eigenvalue weighted by molar-refractivity contribution is 5.85. The number of hydrogen-bond acceptors (Lipinski definition) is 3. The van der Waals surface area contributed by atoms with Gasteiger partial charge in [-0.2, -0.15) is 0 Å². The number of hydrogen-bond donors (Lipinski definition) is 1. The fraction of sp³-hybridized carbons (Fsp3) is 0.600. The molecule has 0 aromatic carbocycles. The molecule has 0 saturated heterocycles. The minimum atomic E-state index is 0.527. The highest BCUT2D eigenvalue weighted by atomic mass is 15.1. The molecule has 3 rings (SSSR count). The average Bonchev–Trinajstić information content (AvgIpc) is 2.71. The molecule has 0 radical (unpaired) electrons. The maximum absolute atomic E-state index is 4.48. The van der Waals surface area contributed by atoms with Crippen molar-refractivity contribution in [2.45, 2.75) is 39.2 Å². The highest BCUT2D eigenvalue weighted by Crippen LogP contribution is 2.31. The molecule has 19 heavy (non-hydrogen) atoms. The number of anilines is 1. The first-order valence-corrected chi connectivity index (χ1v) is 7.16. The van der Waals surface area contributed by atoms with Crippen molar-refractivity contribution in [1.82, 2.24) is 14.5 Å². The summed E-state index contributed by atoms with van der Waals surface area (Å²) in [5, 5.41) is 3.61. The van der Waals surface area contributed by atoms with Crippen LogP contribution in [-0.2, 0) is 7.05 Å². The predicted octanol–water partition coefficient (Wildman–Crippen LogP) is 3.20. The summed E-state index contributed by atoms with van der Waals surface area (Å²) in [6.07, 6.45) is 7.52. The molecule has 4 heteroatoms. The first-order chi connectivity index (χ1) is 9.13. The number of fused-ring (bicyclic) bond motifs is 1. The number of aromatic nitrogens is 3. The van der Waals surface area contributed by atoms with Gasteiger partial charge in [0.15, 0.2) is 5.82 Å². The molecule has 0 amide bonds. The molecule has 1 aliphatic rings. The third-order valence-corrected chi connectivity index (χ3v) is 4.16. The van der Waals surface area contributed by atoms with E-state index >= 15 is 0 Å². The summed E-state index contributed by atoms with van der Waals surface area (Å²) in [6.45, 7) is 4.69. The number of nitrogens with one attached hydrogen (secondary N) is 1. The van der Waals surface area contributed by atoms with Gasteiger partial charge >= 0.3 is 0 Å². The van der Waals surface area contributed by atoms with Gasteiger partial charge in [0, 0.05) is 19.3 Å². The van der Waals surface area contributed by atoms with E-state index in [0.717, 1.165) is 28.7 Å². The van der Waals surface area contributed by atoms with Gasteiger partial charge in [-0.1, -0.05) is 13.8 Å². The zero-order valence-corrected chi connectivity index (χ0v) is 11.9. The maximum atomic E-state index is 4.48. The van der Waals surface area contributed by atoms with E-state index in [4.69, 9.17) is 0 Å². The molecule has 2 unspecified atom stereocenters. The van der Waals surface area contributed by atoms with E-state index in [2.05, 4.69) is 29.1 Å². The Hall–Kier alpha value is -1.58. The van der Waals surface area contributed by atoms with Crippen LogP contribution in [0.15, 0.2) is 18.6 Å². The third kappa shape index (κ3) is 2.44. The fourth-order valence-electron chi connectivity index (χ4n) is 3.43. The smallest absolute Gasteiger partial charge is 0.154 e. The molecule has 102 valence electrons. The topological polar surface area (TPSA) is 42.7 Å². The van der Waals surface area contributed by atoms with E-state index in [1.165, 1.54) is 19.3 Å². The van der Waals surface area contributed by atoms with Gasteiger partial charge < -0.3 is 9.88 Å². The number of imidazole rings is 1. The van der Waals surface area contributed by atoms with Crippen LogP contribution in [0.3, 0.4) is 0 Å². The van der Waals surface area contributed by atoms with Crippen molar-refractivity contribution < 1.29 is 0 Å². The van der Waals surface area contributed by atoms with Gasteiger partial charge in [0.05, 0.1) is 11.8 Å². The van der Waals surface area contributed by atoms with Gasteiger partial charge in [0.2, 0.25) is 0 Å². The first-order valence-electron chi connectivity index (χ1n) is 7.16. The standard InChI is InChI=1S/C15H22N4/c1-10-6-11(2)8-12(7-10)18-15-14-13(4-5-16-15)19(3)9-17-14/h4-5,9-12H,6-8H2,1-3H3,(H,16,18). The molecule has 1 aliphatic carbocycles. The fourth-order valence-corrected chi connectivity index (χ4v) is 3.43. The van der Waals surface area contributed by atoms with Crippen molar-refractivity contribution >= 4 is 16.9 Å². The van der Waals surface area contributed by atoms with Gasteiger partial charge in [-0.15, -0.1) is 0 Å². The second-order valence-electron chi connectivity index (χ2n) is 6.14. The van der Waals surface area contributed by atoms with E-state index in [1.807, 2.05) is 30.2 Å². The van der Waals surface area contributed by atoms with Crippen LogP contribution in [0.2, 0.25) is 0 Å². The summed E-state index contributed by atoms with van der Waals surface area (Å²) in [5.41, 5.74) is 2.12. The lowest BCUT2D eigenvalue weighted by Gasteiger charge is -2.32. The molecule has 1 saturated carbocycles. The quantitative estimate of drug-likeness (QED) is 0.899. The van der Waals surface area contributed by atoms with Crippen molar-refractivity contribution in [2.75, 3.05) is 5.32 Å². The van der Waals surface area contributed by atoms with Crippen molar-refractivity contribution in [3.05, 3.63) is 18.6 Å². The monoisotopic (exact) mass is 258 g/mol. The lowest BCUT2D eigenvalue weighted by molar-refractivity contribution is 0.280. The molecule has 2 heterocycles. The normalized spacial score (nSPS) is 27.6. The Morgan fingerprint density at radius 3 is 2.63 bits per heavy atom. The summed E-state index contributed by atoms with van der Waals surface area (Å²) in [5.74, 6) is 2.53. The Balaban J connectivity index is 1.85. The van der Waals surface area contributed by atoms with Crippen LogP contribution in [-0.4, -0.2) is 20.6 Å². The van der Waals surface area contributed by atoms with Crippen molar-refractivity contribution in [3.8, 4) is 0 Å². The predicted molar refractivity (Wildman–Crippen MR) is 78.1 cm³/mol. The first kappa shape index (κ1) is 12.5. The summed E-state index contributed by atoms with van der Waals surface area (Å²) >= 11 is 0. The van der Waals surface area contributed by atoms with Crippen molar-refractivity contribution in [3.63, 3.8) is 0 Å².